The lowest BCUT2D eigenvalue weighted by Crippen LogP contribution is -2.44. The molecule has 1 amide bonds. The zero-order valence-corrected chi connectivity index (χ0v) is 13.2. The first kappa shape index (κ1) is 17.4. The number of carbonyl (C=O) groups is 1. The molecule has 20 heavy (non-hydrogen) atoms. The molecule has 1 saturated heterocycles. The highest BCUT2D eigenvalue weighted by Gasteiger charge is 2.29. The van der Waals surface area contributed by atoms with Crippen molar-refractivity contribution >= 4 is 15.9 Å². The lowest BCUT2D eigenvalue weighted by Gasteiger charge is -2.30. The monoisotopic (exact) mass is 306 g/mol. The van der Waals surface area contributed by atoms with E-state index in [1.807, 2.05) is 6.92 Å². The summed E-state index contributed by atoms with van der Waals surface area (Å²) in [6.45, 7) is 5.17. The van der Waals surface area contributed by atoms with Crippen LogP contribution in [0.4, 0.5) is 0 Å². The van der Waals surface area contributed by atoms with E-state index in [4.69, 9.17) is 5.11 Å². The average molecular weight is 306 g/mol. The molecule has 6 nitrogen and oxygen atoms in total. The molecule has 1 aliphatic rings. The second-order valence-electron chi connectivity index (χ2n) is 5.44. The number of sulfonamides is 1. The van der Waals surface area contributed by atoms with Gasteiger partial charge in [0, 0.05) is 32.2 Å². The molecule has 0 saturated carbocycles. The Morgan fingerprint density at radius 1 is 1.40 bits per heavy atom. The highest BCUT2D eigenvalue weighted by atomic mass is 32.2. The van der Waals surface area contributed by atoms with Crippen molar-refractivity contribution in [3.63, 3.8) is 0 Å². The van der Waals surface area contributed by atoms with Gasteiger partial charge >= 0.3 is 0 Å². The molecular formula is C13H26N2O4S. The number of amides is 1. The lowest BCUT2D eigenvalue weighted by atomic mass is 9.97. The van der Waals surface area contributed by atoms with Crippen LogP contribution in [0.5, 0.6) is 0 Å². The number of nitrogens with one attached hydrogen (secondary N) is 1. The highest BCUT2D eigenvalue weighted by molar-refractivity contribution is 7.89. The first-order chi connectivity index (χ1) is 9.40. The Bertz CT molecular complexity index is 403. The maximum absolute atomic E-state index is 12.0. The van der Waals surface area contributed by atoms with Crippen LogP contribution in [0.15, 0.2) is 0 Å². The van der Waals surface area contributed by atoms with Crippen LogP contribution in [0.1, 0.15) is 33.1 Å². The van der Waals surface area contributed by atoms with Gasteiger partial charge in [-0.25, -0.2) is 12.7 Å². The average Bonchev–Trinajstić information content (AvgIpc) is 2.45. The van der Waals surface area contributed by atoms with E-state index in [2.05, 4.69) is 5.32 Å². The largest absolute Gasteiger partial charge is 0.396 e. The summed E-state index contributed by atoms with van der Waals surface area (Å²) in [6.07, 6.45) is 1.84. The molecule has 0 bridgehead atoms. The Morgan fingerprint density at radius 3 is 2.50 bits per heavy atom. The molecule has 7 heteroatoms. The molecule has 118 valence electrons. The molecule has 1 fully saturated rings. The first-order valence-corrected chi connectivity index (χ1v) is 8.88. The molecule has 0 aromatic heterocycles. The van der Waals surface area contributed by atoms with Crippen LogP contribution in [-0.2, 0) is 14.8 Å². The van der Waals surface area contributed by atoms with E-state index < -0.39 is 10.0 Å². The fourth-order valence-electron chi connectivity index (χ4n) is 2.32. The number of carbonyl (C=O) groups excluding carboxylic acids is 1. The Morgan fingerprint density at radius 2 is 2.00 bits per heavy atom. The molecule has 1 aliphatic heterocycles. The lowest BCUT2D eigenvalue weighted by molar-refractivity contribution is -0.126. The number of hydrogen-bond acceptors (Lipinski definition) is 4. The van der Waals surface area contributed by atoms with Crippen molar-refractivity contribution in [2.75, 3.05) is 32.0 Å². The van der Waals surface area contributed by atoms with Gasteiger partial charge in [0.15, 0.2) is 0 Å². The van der Waals surface area contributed by atoms with E-state index in [1.165, 1.54) is 4.31 Å². The van der Waals surface area contributed by atoms with Gasteiger partial charge in [0.1, 0.15) is 0 Å². The summed E-state index contributed by atoms with van der Waals surface area (Å²) in [6, 6.07) is 0. The topological polar surface area (TPSA) is 86.7 Å². The number of hydrogen-bond donors (Lipinski definition) is 2. The van der Waals surface area contributed by atoms with Crippen LogP contribution in [0, 0.1) is 11.8 Å². The predicted octanol–water partition coefficient (Wildman–Crippen LogP) is 0.183. The number of aliphatic hydroxyl groups is 1. The van der Waals surface area contributed by atoms with Crippen molar-refractivity contribution in [3.8, 4) is 0 Å². The summed E-state index contributed by atoms with van der Waals surface area (Å²) < 4.78 is 24.9. The van der Waals surface area contributed by atoms with Gasteiger partial charge in [-0.05, 0) is 32.1 Å². The molecule has 0 aliphatic carbocycles. The number of nitrogens with zero attached hydrogens (tertiary/aromatic N) is 1. The van der Waals surface area contributed by atoms with Crippen molar-refractivity contribution < 1.29 is 18.3 Å². The molecule has 0 aromatic rings. The molecule has 0 spiro atoms. The van der Waals surface area contributed by atoms with Crippen molar-refractivity contribution in [2.24, 2.45) is 11.8 Å². The fraction of sp³-hybridized carbons (Fsp3) is 0.923. The van der Waals surface area contributed by atoms with Gasteiger partial charge in [0.2, 0.25) is 15.9 Å². The molecular weight excluding hydrogens is 280 g/mol. The van der Waals surface area contributed by atoms with E-state index in [1.54, 1.807) is 6.92 Å². The van der Waals surface area contributed by atoms with Gasteiger partial charge < -0.3 is 10.4 Å². The summed E-state index contributed by atoms with van der Waals surface area (Å²) in [5, 5.41) is 11.7. The van der Waals surface area contributed by atoms with Crippen molar-refractivity contribution in [1.29, 1.82) is 0 Å². The fourth-order valence-corrected chi connectivity index (χ4v) is 3.45. The van der Waals surface area contributed by atoms with Gasteiger partial charge in [-0.1, -0.05) is 6.92 Å². The van der Waals surface area contributed by atoms with Crippen molar-refractivity contribution in [3.05, 3.63) is 0 Å². The number of aliphatic hydroxyl groups excluding tert-OH is 1. The predicted molar refractivity (Wildman–Crippen MR) is 77.6 cm³/mol. The minimum Gasteiger partial charge on any atom is -0.396 e. The zero-order chi connectivity index (χ0) is 15.2. The third kappa shape index (κ3) is 5.03. The van der Waals surface area contributed by atoms with Crippen LogP contribution < -0.4 is 5.32 Å². The molecule has 0 aromatic carbocycles. The molecule has 1 atom stereocenters. The smallest absolute Gasteiger partial charge is 0.223 e. The third-order valence-electron chi connectivity index (χ3n) is 3.83. The van der Waals surface area contributed by atoms with Gasteiger partial charge in [-0.2, -0.15) is 0 Å². The van der Waals surface area contributed by atoms with Crippen LogP contribution in [-0.4, -0.2) is 55.7 Å². The van der Waals surface area contributed by atoms with Crippen LogP contribution in [0.25, 0.3) is 0 Å². The number of rotatable bonds is 7. The minimum atomic E-state index is -3.13. The highest BCUT2D eigenvalue weighted by Crippen LogP contribution is 2.20. The molecule has 1 rings (SSSR count). The minimum absolute atomic E-state index is 0.00309. The van der Waals surface area contributed by atoms with Crippen LogP contribution >= 0.6 is 0 Å². The van der Waals surface area contributed by atoms with E-state index >= 15 is 0 Å². The summed E-state index contributed by atoms with van der Waals surface area (Å²) >= 11 is 0. The van der Waals surface area contributed by atoms with E-state index in [-0.39, 0.29) is 30.1 Å². The van der Waals surface area contributed by atoms with Gasteiger partial charge in [-0.15, -0.1) is 0 Å². The van der Waals surface area contributed by atoms with Gasteiger partial charge in [0.25, 0.3) is 0 Å². The molecule has 1 heterocycles. The van der Waals surface area contributed by atoms with Crippen LogP contribution in [0.2, 0.25) is 0 Å². The second kappa shape index (κ2) is 7.95. The van der Waals surface area contributed by atoms with Crippen molar-refractivity contribution in [2.45, 2.75) is 33.1 Å². The van der Waals surface area contributed by atoms with Gasteiger partial charge in [-0.3, -0.25) is 4.79 Å². The standard InChI is InChI=1S/C13H26N2O4S/c1-3-20(18,19)15-7-4-12(5-8-15)13(17)14-10-11(2)6-9-16/h11-12,16H,3-10H2,1-2H3,(H,14,17). The maximum Gasteiger partial charge on any atom is 0.223 e. The number of piperidine rings is 1. The molecule has 2 N–H and O–H groups in total. The Balaban J connectivity index is 2.36. The van der Waals surface area contributed by atoms with Gasteiger partial charge in [0.05, 0.1) is 5.75 Å². The normalized spacial score (nSPS) is 19.8. The zero-order valence-electron chi connectivity index (χ0n) is 12.3. The third-order valence-corrected chi connectivity index (χ3v) is 5.71. The molecule has 1 unspecified atom stereocenters. The Labute approximate surface area is 121 Å². The Hall–Kier alpha value is -0.660. The molecule has 0 radical (unpaired) electrons. The summed E-state index contributed by atoms with van der Waals surface area (Å²) in [5.74, 6) is 0.273. The maximum atomic E-state index is 12.0. The summed E-state index contributed by atoms with van der Waals surface area (Å²) in [5.41, 5.74) is 0. The van der Waals surface area contributed by atoms with E-state index in [0.717, 1.165) is 0 Å². The summed E-state index contributed by atoms with van der Waals surface area (Å²) in [7, 11) is -3.13. The second-order valence-corrected chi connectivity index (χ2v) is 7.69. The SMILES string of the molecule is CCS(=O)(=O)N1CCC(C(=O)NCC(C)CCO)CC1. The van der Waals surface area contributed by atoms with E-state index in [9.17, 15) is 13.2 Å². The summed E-state index contributed by atoms with van der Waals surface area (Å²) in [4.78, 5) is 12.0. The Kier molecular flexibility index (Phi) is 6.91. The van der Waals surface area contributed by atoms with E-state index in [0.29, 0.717) is 38.9 Å². The quantitative estimate of drug-likeness (QED) is 0.702. The van der Waals surface area contributed by atoms with Crippen molar-refractivity contribution in [1.82, 2.24) is 9.62 Å². The first-order valence-electron chi connectivity index (χ1n) is 7.27. The van der Waals surface area contributed by atoms with Crippen LogP contribution in [0.3, 0.4) is 0 Å².